The number of piperidine rings is 1. The largest absolute Gasteiger partial charge is 0.493 e. The lowest BCUT2D eigenvalue weighted by Crippen LogP contribution is -2.36. The second kappa shape index (κ2) is 6.79. The summed E-state index contributed by atoms with van der Waals surface area (Å²) in [4.78, 5) is 25.8. The summed E-state index contributed by atoms with van der Waals surface area (Å²) in [6.45, 7) is 1.98. The van der Waals surface area contributed by atoms with Gasteiger partial charge in [0.2, 0.25) is 5.88 Å². The van der Waals surface area contributed by atoms with E-state index < -0.39 is 5.69 Å². The van der Waals surface area contributed by atoms with Crippen LogP contribution >= 0.6 is 0 Å². The molecule has 0 amide bonds. The summed E-state index contributed by atoms with van der Waals surface area (Å²) in [5.41, 5.74) is 1.21. The van der Waals surface area contributed by atoms with Crippen LogP contribution in [0.15, 0.2) is 22.1 Å². The van der Waals surface area contributed by atoms with E-state index in [4.69, 9.17) is 9.98 Å². The van der Waals surface area contributed by atoms with Gasteiger partial charge >= 0.3 is 5.69 Å². The normalized spacial score (nSPS) is 19.6. The number of rotatable bonds is 4. The van der Waals surface area contributed by atoms with Crippen molar-refractivity contribution in [2.45, 2.75) is 37.8 Å². The third-order valence-electron chi connectivity index (χ3n) is 5.07. The molecule has 2 fully saturated rings. The van der Waals surface area contributed by atoms with Crippen LogP contribution in [0.4, 0.5) is 5.82 Å². The number of nitrogens with one attached hydrogen (secondary N) is 4. The second-order valence-corrected chi connectivity index (χ2v) is 7.35. The highest BCUT2D eigenvalue weighted by molar-refractivity contribution is 5.58. The average molecular weight is 382 g/mol. The van der Waals surface area contributed by atoms with Gasteiger partial charge in [-0.1, -0.05) is 0 Å². The minimum atomic E-state index is -0.467. The molecule has 1 aliphatic heterocycles. The van der Waals surface area contributed by atoms with Crippen LogP contribution in [0.2, 0.25) is 0 Å². The van der Waals surface area contributed by atoms with Crippen molar-refractivity contribution >= 4 is 17.5 Å². The Kier molecular flexibility index (Phi) is 4.12. The van der Waals surface area contributed by atoms with Gasteiger partial charge in [-0.05, 0) is 44.8 Å². The zero-order valence-corrected chi connectivity index (χ0v) is 15.3. The molecule has 1 saturated carbocycles. The van der Waals surface area contributed by atoms with E-state index in [2.05, 4.69) is 25.7 Å². The Hall–Kier alpha value is -3.14. The highest BCUT2D eigenvalue weighted by atomic mass is 16.3. The molecule has 10 nitrogen and oxygen atoms in total. The van der Waals surface area contributed by atoms with Gasteiger partial charge in [0, 0.05) is 17.3 Å². The zero-order valence-electron chi connectivity index (χ0n) is 15.3. The second-order valence-electron chi connectivity index (χ2n) is 7.35. The smallest absolute Gasteiger partial charge is 0.326 e. The van der Waals surface area contributed by atoms with E-state index in [9.17, 15) is 9.90 Å². The lowest BCUT2D eigenvalue weighted by molar-refractivity contribution is 0.454. The van der Waals surface area contributed by atoms with E-state index >= 15 is 0 Å². The first-order valence-electron chi connectivity index (χ1n) is 9.58. The quantitative estimate of drug-likeness (QED) is 0.402. The van der Waals surface area contributed by atoms with Crippen molar-refractivity contribution in [1.29, 1.82) is 0 Å². The molecule has 0 unspecified atom stereocenters. The van der Waals surface area contributed by atoms with Crippen molar-refractivity contribution in [2.24, 2.45) is 4.99 Å². The molecule has 0 bridgehead atoms. The fraction of sp³-hybridized carbons (Fsp3) is 0.444. The SMILES string of the molecule is O=c1[nH]c(O)c(C=c2cnn3c(=NC4CC4)cc(NC4CCNCC4)nc23)[nH]1. The van der Waals surface area contributed by atoms with Gasteiger partial charge in [0.05, 0.1) is 12.2 Å². The molecular weight excluding hydrogens is 360 g/mol. The third-order valence-corrected chi connectivity index (χ3v) is 5.07. The predicted molar refractivity (Wildman–Crippen MR) is 103 cm³/mol. The Morgan fingerprint density at radius 3 is 2.79 bits per heavy atom. The van der Waals surface area contributed by atoms with Gasteiger partial charge in [-0.25, -0.2) is 9.78 Å². The van der Waals surface area contributed by atoms with Gasteiger partial charge in [0.25, 0.3) is 0 Å². The summed E-state index contributed by atoms with van der Waals surface area (Å²) < 4.78 is 1.71. The number of imidazole rings is 1. The number of aromatic hydroxyl groups is 1. The Labute approximate surface area is 159 Å². The minimum absolute atomic E-state index is 0.212. The van der Waals surface area contributed by atoms with Crippen molar-refractivity contribution in [3.8, 4) is 5.88 Å². The van der Waals surface area contributed by atoms with Crippen molar-refractivity contribution < 1.29 is 5.11 Å². The number of nitrogens with zero attached hydrogens (tertiary/aromatic N) is 4. The van der Waals surface area contributed by atoms with Crippen molar-refractivity contribution in [3.63, 3.8) is 0 Å². The molecular formula is C18H22N8O2. The number of fused-ring (bicyclic) bond motifs is 1. The molecule has 146 valence electrons. The van der Waals surface area contributed by atoms with E-state index in [0.29, 0.717) is 28.6 Å². The topological polar surface area (TPSA) is 135 Å². The number of H-pyrrole nitrogens is 2. The highest BCUT2D eigenvalue weighted by Crippen LogP contribution is 2.22. The zero-order chi connectivity index (χ0) is 19.1. The van der Waals surface area contributed by atoms with E-state index in [1.165, 1.54) is 0 Å². The fourth-order valence-electron chi connectivity index (χ4n) is 3.45. The Morgan fingerprint density at radius 1 is 1.25 bits per heavy atom. The highest BCUT2D eigenvalue weighted by Gasteiger charge is 2.21. The van der Waals surface area contributed by atoms with Gasteiger partial charge in [-0.3, -0.25) is 9.98 Å². The van der Waals surface area contributed by atoms with Crippen molar-refractivity contribution in [1.82, 2.24) is 29.9 Å². The van der Waals surface area contributed by atoms with E-state index in [0.717, 1.165) is 50.1 Å². The van der Waals surface area contributed by atoms with Crippen LogP contribution in [-0.4, -0.2) is 54.8 Å². The molecule has 3 aromatic rings. The number of aromatic amines is 2. The van der Waals surface area contributed by atoms with Gasteiger partial charge in [0.1, 0.15) is 11.5 Å². The van der Waals surface area contributed by atoms with E-state index in [-0.39, 0.29) is 5.88 Å². The number of aromatic nitrogens is 5. The maximum absolute atomic E-state index is 11.4. The molecule has 2 aliphatic rings. The predicted octanol–water partition coefficient (Wildman–Crippen LogP) is -0.774. The first kappa shape index (κ1) is 17.0. The van der Waals surface area contributed by atoms with Crippen LogP contribution in [0, 0.1) is 0 Å². The number of hydrogen-bond acceptors (Lipinski definition) is 7. The molecule has 0 atom stereocenters. The van der Waals surface area contributed by atoms with Gasteiger partial charge in [-0.15, -0.1) is 0 Å². The van der Waals surface area contributed by atoms with Crippen LogP contribution in [0.3, 0.4) is 0 Å². The number of anilines is 1. The molecule has 0 radical (unpaired) electrons. The molecule has 0 aromatic carbocycles. The maximum Gasteiger partial charge on any atom is 0.326 e. The van der Waals surface area contributed by atoms with E-state index in [1.54, 1.807) is 16.8 Å². The summed E-state index contributed by atoms with van der Waals surface area (Å²) in [5, 5.41) is 21.9. The summed E-state index contributed by atoms with van der Waals surface area (Å²) >= 11 is 0. The van der Waals surface area contributed by atoms with Crippen molar-refractivity contribution in [2.75, 3.05) is 18.4 Å². The van der Waals surface area contributed by atoms with Gasteiger partial charge in [0.15, 0.2) is 11.1 Å². The third kappa shape index (κ3) is 3.38. The van der Waals surface area contributed by atoms with Crippen LogP contribution in [0.5, 0.6) is 5.88 Å². The molecule has 1 aliphatic carbocycles. The Balaban J connectivity index is 1.63. The molecule has 28 heavy (non-hydrogen) atoms. The van der Waals surface area contributed by atoms with Crippen LogP contribution < -0.4 is 27.0 Å². The molecule has 1 saturated heterocycles. The van der Waals surface area contributed by atoms with E-state index in [1.807, 2.05) is 6.07 Å². The lowest BCUT2D eigenvalue weighted by atomic mass is 10.1. The van der Waals surface area contributed by atoms with Gasteiger partial charge in [-0.2, -0.15) is 9.61 Å². The average Bonchev–Trinajstić information content (AvgIpc) is 3.32. The lowest BCUT2D eigenvalue weighted by Gasteiger charge is -2.24. The first-order chi connectivity index (χ1) is 13.7. The van der Waals surface area contributed by atoms with Crippen LogP contribution in [-0.2, 0) is 0 Å². The Bertz CT molecular complexity index is 1180. The summed E-state index contributed by atoms with van der Waals surface area (Å²) in [5.74, 6) is 0.553. The monoisotopic (exact) mass is 382 g/mol. The molecule has 0 spiro atoms. The molecule has 5 rings (SSSR count). The summed E-state index contributed by atoms with van der Waals surface area (Å²) in [7, 11) is 0. The fourth-order valence-corrected chi connectivity index (χ4v) is 3.45. The van der Waals surface area contributed by atoms with Crippen molar-refractivity contribution in [3.05, 3.63) is 39.1 Å². The Morgan fingerprint density at radius 2 is 2.07 bits per heavy atom. The molecule has 4 heterocycles. The number of hydrogen-bond donors (Lipinski definition) is 5. The van der Waals surface area contributed by atoms with Crippen LogP contribution in [0.1, 0.15) is 31.4 Å². The summed E-state index contributed by atoms with van der Waals surface area (Å²) in [6.07, 6.45) is 7.58. The molecule has 5 N–H and O–H groups in total. The molecule has 3 aromatic heterocycles. The first-order valence-corrected chi connectivity index (χ1v) is 9.58. The summed E-state index contributed by atoms with van der Waals surface area (Å²) in [6, 6.07) is 2.66. The standard InChI is InChI=1S/C18H22N8O2/c27-17-13(23-18(28)25-17)7-10-9-20-26-15(22-11-1-2-11)8-14(24-16(10)26)21-12-3-5-19-6-4-12/h7-9,11-12,19,21,27H,1-6H2,(H2,23,25,28). The molecule has 10 heteroatoms. The minimum Gasteiger partial charge on any atom is -0.493 e. The van der Waals surface area contributed by atoms with Crippen LogP contribution in [0.25, 0.3) is 11.7 Å². The van der Waals surface area contributed by atoms with Gasteiger partial charge < -0.3 is 20.7 Å². The maximum atomic E-state index is 11.4.